The Balaban J connectivity index is 2.86. The van der Waals surface area contributed by atoms with Crippen LogP contribution in [0.25, 0.3) is 0 Å². The van der Waals surface area contributed by atoms with Gasteiger partial charge in [0.1, 0.15) is 0 Å². The van der Waals surface area contributed by atoms with Gasteiger partial charge in [0.15, 0.2) is 5.54 Å². The molecule has 1 atom stereocenters. The Kier molecular flexibility index (Phi) is 2.32. The predicted molar refractivity (Wildman–Crippen MR) is 41.2 cm³/mol. The summed E-state index contributed by atoms with van der Waals surface area (Å²) in [6.07, 6.45) is 1.19. The summed E-state index contributed by atoms with van der Waals surface area (Å²) in [4.78, 5) is 22.2. The first-order chi connectivity index (χ1) is 5.63. The highest BCUT2D eigenvalue weighted by atomic mass is 16.5. The second-order valence-corrected chi connectivity index (χ2v) is 2.79. The summed E-state index contributed by atoms with van der Waals surface area (Å²) in [5.41, 5.74) is 3.84. The summed E-state index contributed by atoms with van der Waals surface area (Å²) in [6, 6.07) is 0. The number of carbonyl (C=O) groups is 2. The van der Waals surface area contributed by atoms with Crippen molar-refractivity contribution in [3.05, 3.63) is 0 Å². The number of nitrogens with one attached hydrogen (secondary N) is 1. The van der Waals surface area contributed by atoms with E-state index in [0.717, 1.165) is 6.42 Å². The van der Waals surface area contributed by atoms with Gasteiger partial charge in [-0.1, -0.05) is 0 Å². The SMILES string of the molecule is COC(=O)C1(C(N)=O)CCCN1. The van der Waals surface area contributed by atoms with Crippen LogP contribution in [0.1, 0.15) is 12.8 Å². The first-order valence-corrected chi connectivity index (χ1v) is 3.77. The predicted octanol–water partition coefficient (Wildman–Crippen LogP) is -1.23. The highest BCUT2D eigenvalue weighted by Gasteiger charge is 2.47. The van der Waals surface area contributed by atoms with Crippen molar-refractivity contribution in [1.82, 2.24) is 5.32 Å². The Hall–Kier alpha value is -1.10. The lowest BCUT2D eigenvalue weighted by molar-refractivity contribution is -0.152. The molecule has 68 valence electrons. The van der Waals surface area contributed by atoms with Gasteiger partial charge in [-0.05, 0) is 19.4 Å². The van der Waals surface area contributed by atoms with E-state index in [1.54, 1.807) is 0 Å². The molecule has 0 radical (unpaired) electrons. The summed E-state index contributed by atoms with van der Waals surface area (Å²) in [7, 11) is 1.24. The normalized spacial score (nSPS) is 28.4. The van der Waals surface area contributed by atoms with Gasteiger partial charge in [0.2, 0.25) is 5.91 Å². The van der Waals surface area contributed by atoms with Gasteiger partial charge in [-0.3, -0.25) is 10.1 Å². The smallest absolute Gasteiger partial charge is 0.335 e. The third kappa shape index (κ3) is 1.16. The van der Waals surface area contributed by atoms with E-state index in [2.05, 4.69) is 10.1 Å². The molecule has 12 heavy (non-hydrogen) atoms. The highest BCUT2D eigenvalue weighted by Crippen LogP contribution is 2.20. The zero-order valence-electron chi connectivity index (χ0n) is 6.92. The summed E-state index contributed by atoms with van der Waals surface area (Å²) in [5, 5.41) is 2.77. The lowest BCUT2D eigenvalue weighted by Crippen LogP contribution is -2.58. The molecule has 1 unspecified atom stereocenters. The minimum Gasteiger partial charge on any atom is -0.467 e. The second-order valence-electron chi connectivity index (χ2n) is 2.79. The zero-order valence-corrected chi connectivity index (χ0v) is 6.92. The number of ether oxygens (including phenoxy) is 1. The van der Waals surface area contributed by atoms with Gasteiger partial charge in [-0.2, -0.15) is 0 Å². The van der Waals surface area contributed by atoms with E-state index in [4.69, 9.17) is 5.73 Å². The molecule has 0 aromatic rings. The topological polar surface area (TPSA) is 81.4 Å². The zero-order chi connectivity index (χ0) is 9.19. The van der Waals surface area contributed by atoms with E-state index < -0.39 is 17.4 Å². The number of hydrogen-bond acceptors (Lipinski definition) is 4. The summed E-state index contributed by atoms with van der Waals surface area (Å²) >= 11 is 0. The Morgan fingerprint density at radius 3 is 2.58 bits per heavy atom. The number of hydrogen-bond donors (Lipinski definition) is 2. The van der Waals surface area contributed by atoms with Crippen molar-refractivity contribution in [2.75, 3.05) is 13.7 Å². The fourth-order valence-corrected chi connectivity index (χ4v) is 1.40. The maximum atomic E-state index is 11.2. The second kappa shape index (κ2) is 3.10. The van der Waals surface area contributed by atoms with Crippen LogP contribution >= 0.6 is 0 Å². The largest absolute Gasteiger partial charge is 0.467 e. The number of methoxy groups -OCH3 is 1. The van der Waals surface area contributed by atoms with Crippen molar-refractivity contribution in [2.45, 2.75) is 18.4 Å². The highest BCUT2D eigenvalue weighted by molar-refractivity contribution is 6.07. The van der Waals surface area contributed by atoms with Gasteiger partial charge in [-0.25, -0.2) is 4.79 Å². The number of rotatable bonds is 2. The van der Waals surface area contributed by atoms with Crippen LogP contribution in [0, 0.1) is 0 Å². The van der Waals surface area contributed by atoms with Crippen molar-refractivity contribution >= 4 is 11.9 Å². The molecule has 1 heterocycles. The Bertz CT molecular complexity index is 209. The molecule has 0 saturated carbocycles. The molecule has 0 spiro atoms. The van der Waals surface area contributed by atoms with Crippen molar-refractivity contribution in [1.29, 1.82) is 0 Å². The van der Waals surface area contributed by atoms with Crippen LogP contribution in [0.5, 0.6) is 0 Å². The van der Waals surface area contributed by atoms with Crippen molar-refractivity contribution in [2.24, 2.45) is 5.73 Å². The van der Waals surface area contributed by atoms with Crippen LogP contribution < -0.4 is 11.1 Å². The molecule has 3 N–H and O–H groups in total. The monoisotopic (exact) mass is 172 g/mol. The number of primary amides is 1. The molecular weight excluding hydrogens is 160 g/mol. The maximum absolute atomic E-state index is 11.2. The molecule has 5 heteroatoms. The third-order valence-electron chi connectivity index (χ3n) is 2.11. The van der Waals surface area contributed by atoms with Gasteiger partial charge >= 0.3 is 5.97 Å². The lowest BCUT2D eigenvalue weighted by Gasteiger charge is -2.21. The van der Waals surface area contributed by atoms with Crippen LogP contribution in [0.2, 0.25) is 0 Å². The average Bonchev–Trinajstić information content (AvgIpc) is 2.52. The molecular formula is C7H12N2O3. The van der Waals surface area contributed by atoms with Crippen LogP contribution in [0.15, 0.2) is 0 Å². The molecule has 1 rings (SSSR count). The van der Waals surface area contributed by atoms with Gasteiger partial charge in [0.25, 0.3) is 0 Å². The van der Waals surface area contributed by atoms with E-state index in [1.807, 2.05) is 0 Å². The summed E-state index contributed by atoms with van der Waals surface area (Å²) in [6.45, 7) is 0.623. The molecule has 1 saturated heterocycles. The maximum Gasteiger partial charge on any atom is 0.335 e. The molecule has 0 aliphatic carbocycles. The molecule has 5 nitrogen and oxygen atoms in total. The van der Waals surface area contributed by atoms with Crippen LogP contribution in [0.3, 0.4) is 0 Å². The van der Waals surface area contributed by atoms with Gasteiger partial charge < -0.3 is 10.5 Å². The molecule has 1 amide bonds. The van der Waals surface area contributed by atoms with Crippen molar-refractivity contribution < 1.29 is 14.3 Å². The molecule has 0 aromatic carbocycles. The first-order valence-electron chi connectivity index (χ1n) is 3.77. The molecule has 1 fully saturated rings. The Labute approximate surface area is 70.2 Å². The van der Waals surface area contributed by atoms with Crippen LogP contribution in [0.4, 0.5) is 0 Å². The van der Waals surface area contributed by atoms with E-state index in [9.17, 15) is 9.59 Å². The van der Waals surface area contributed by atoms with E-state index in [1.165, 1.54) is 7.11 Å². The minimum absolute atomic E-state index is 0.426. The quantitative estimate of drug-likeness (QED) is 0.403. The van der Waals surface area contributed by atoms with E-state index >= 15 is 0 Å². The molecule has 0 bridgehead atoms. The number of esters is 1. The van der Waals surface area contributed by atoms with Gasteiger partial charge in [0.05, 0.1) is 7.11 Å². The molecule has 0 aromatic heterocycles. The van der Waals surface area contributed by atoms with E-state index in [-0.39, 0.29) is 0 Å². The minimum atomic E-state index is -1.27. The van der Waals surface area contributed by atoms with Gasteiger partial charge in [0, 0.05) is 0 Å². The first kappa shape index (κ1) is 8.99. The van der Waals surface area contributed by atoms with Crippen molar-refractivity contribution in [3.63, 3.8) is 0 Å². The summed E-state index contributed by atoms with van der Waals surface area (Å²) in [5.74, 6) is -1.25. The van der Waals surface area contributed by atoms with Gasteiger partial charge in [-0.15, -0.1) is 0 Å². The standard InChI is InChI=1S/C7H12N2O3/c1-12-6(11)7(5(8)10)3-2-4-9-7/h9H,2-4H2,1H3,(H2,8,10). The van der Waals surface area contributed by atoms with Crippen LogP contribution in [-0.4, -0.2) is 31.1 Å². The van der Waals surface area contributed by atoms with E-state index in [0.29, 0.717) is 13.0 Å². The number of amides is 1. The van der Waals surface area contributed by atoms with Crippen molar-refractivity contribution in [3.8, 4) is 0 Å². The average molecular weight is 172 g/mol. The fourth-order valence-electron chi connectivity index (χ4n) is 1.40. The molecule has 1 aliphatic heterocycles. The lowest BCUT2D eigenvalue weighted by atomic mass is 9.97. The Morgan fingerprint density at radius 1 is 1.58 bits per heavy atom. The number of carbonyl (C=O) groups excluding carboxylic acids is 2. The third-order valence-corrected chi connectivity index (χ3v) is 2.11. The molecule has 1 aliphatic rings. The summed E-state index contributed by atoms with van der Waals surface area (Å²) < 4.78 is 4.50. The number of nitrogens with two attached hydrogens (primary N) is 1. The van der Waals surface area contributed by atoms with Crippen LogP contribution in [-0.2, 0) is 14.3 Å². The fraction of sp³-hybridized carbons (Fsp3) is 0.714. The Morgan fingerprint density at radius 2 is 2.25 bits per heavy atom.